The van der Waals surface area contributed by atoms with Gasteiger partial charge in [0.15, 0.2) is 0 Å². The van der Waals surface area contributed by atoms with Crippen LogP contribution in [-0.2, 0) is 0 Å². The van der Waals surface area contributed by atoms with Crippen LogP contribution in [0.25, 0.3) is 0 Å². The van der Waals surface area contributed by atoms with Crippen molar-refractivity contribution < 1.29 is 5.11 Å². The Kier molecular flexibility index (Phi) is 2.94. The fourth-order valence-electron chi connectivity index (χ4n) is 1.73. The molecule has 0 saturated heterocycles. The molecule has 1 nitrogen and oxygen atoms in total. The van der Waals surface area contributed by atoms with Crippen molar-refractivity contribution in [2.24, 2.45) is 11.3 Å². The Hall–Kier alpha value is -0.300. The molecule has 0 aromatic heterocycles. The Balaban J connectivity index is 2.15. The van der Waals surface area contributed by atoms with Gasteiger partial charge in [-0.1, -0.05) is 25.5 Å². The monoisotopic (exact) mass is 168 g/mol. The van der Waals surface area contributed by atoms with Crippen molar-refractivity contribution in [3.05, 3.63) is 11.6 Å². The first-order valence-corrected chi connectivity index (χ1v) is 4.83. The number of hydrogen-bond acceptors (Lipinski definition) is 1. The molecule has 0 aliphatic heterocycles. The van der Waals surface area contributed by atoms with Crippen molar-refractivity contribution in [2.45, 2.75) is 40.0 Å². The van der Waals surface area contributed by atoms with E-state index in [4.69, 9.17) is 5.11 Å². The fourth-order valence-corrected chi connectivity index (χ4v) is 1.73. The van der Waals surface area contributed by atoms with E-state index in [1.54, 1.807) is 0 Å². The van der Waals surface area contributed by atoms with Crippen LogP contribution < -0.4 is 0 Å². The number of allylic oxidation sites excluding steroid dienone is 1. The second kappa shape index (κ2) is 3.61. The van der Waals surface area contributed by atoms with Crippen LogP contribution in [0.2, 0.25) is 0 Å². The summed E-state index contributed by atoms with van der Waals surface area (Å²) in [4.78, 5) is 0. The molecule has 0 spiro atoms. The molecule has 0 radical (unpaired) electrons. The topological polar surface area (TPSA) is 20.2 Å². The molecular weight excluding hydrogens is 148 g/mol. The van der Waals surface area contributed by atoms with E-state index < -0.39 is 0 Å². The summed E-state index contributed by atoms with van der Waals surface area (Å²) in [7, 11) is 0. The maximum atomic E-state index is 8.64. The van der Waals surface area contributed by atoms with Crippen LogP contribution in [0.4, 0.5) is 0 Å². The SMILES string of the molecule is C/C(=C\CO)CC[C@@H]1CC1(C)C. The summed E-state index contributed by atoms with van der Waals surface area (Å²) in [5.74, 6) is 0.930. The lowest BCUT2D eigenvalue weighted by Gasteiger charge is -2.03. The standard InChI is InChI=1S/C11H20O/c1-9(6-7-12)4-5-10-8-11(10,2)3/h6,10,12H,4-5,7-8H2,1-3H3/b9-6+/t10-/m1/s1. The van der Waals surface area contributed by atoms with Crippen molar-refractivity contribution in [1.29, 1.82) is 0 Å². The van der Waals surface area contributed by atoms with Gasteiger partial charge in [-0.3, -0.25) is 0 Å². The average molecular weight is 168 g/mol. The van der Waals surface area contributed by atoms with Gasteiger partial charge in [0.1, 0.15) is 0 Å². The number of rotatable bonds is 4. The van der Waals surface area contributed by atoms with Crippen molar-refractivity contribution in [3.8, 4) is 0 Å². The minimum absolute atomic E-state index is 0.194. The fraction of sp³-hybridized carbons (Fsp3) is 0.818. The molecule has 0 unspecified atom stereocenters. The average Bonchev–Trinajstić information content (AvgIpc) is 2.56. The van der Waals surface area contributed by atoms with Gasteiger partial charge in [0, 0.05) is 0 Å². The van der Waals surface area contributed by atoms with Crippen LogP contribution in [0.5, 0.6) is 0 Å². The normalized spacial score (nSPS) is 27.3. The van der Waals surface area contributed by atoms with Crippen molar-refractivity contribution in [2.75, 3.05) is 6.61 Å². The highest BCUT2D eigenvalue weighted by Crippen LogP contribution is 2.54. The molecular formula is C11H20O. The Morgan fingerprint density at radius 2 is 2.17 bits per heavy atom. The minimum Gasteiger partial charge on any atom is -0.392 e. The van der Waals surface area contributed by atoms with Gasteiger partial charge >= 0.3 is 0 Å². The lowest BCUT2D eigenvalue weighted by molar-refractivity contribution is 0.341. The van der Waals surface area contributed by atoms with E-state index in [9.17, 15) is 0 Å². The van der Waals surface area contributed by atoms with Gasteiger partial charge in [-0.15, -0.1) is 0 Å². The quantitative estimate of drug-likeness (QED) is 0.640. The zero-order valence-corrected chi connectivity index (χ0v) is 8.43. The third-order valence-corrected chi connectivity index (χ3v) is 3.04. The zero-order chi connectivity index (χ0) is 9.19. The summed E-state index contributed by atoms with van der Waals surface area (Å²) in [6, 6.07) is 0. The molecule has 0 heterocycles. The Morgan fingerprint density at radius 1 is 1.58 bits per heavy atom. The Labute approximate surface area is 75.5 Å². The number of aliphatic hydroxyl groups excluding tert-OH is 1. The molecule has 1 N–H and O–H groups in total. The third kappa shape index (κ3) is 2.63. The minimum atomic E-state index is 0.194. The van der Waals surface area contributed by atoms with E-state index in [1.165, 1.54) is 18.4 Å². The molecule has 0 aromatic rings. The lowest BCUT2D eigenvalue weighted by Crippen LogP contribution is -1.91. The van der Waals surface area contributed by atoms with Crippen LogP contribution in [0.15, 0.2) is 11.6 Å². The molecule has 1 aliphatic carbocycles. The number of aliphatic hydroxyl groups is 1. The van der Waals surface area contributed by atoms with Crippen LogP contribution >= 0.6 is 0 Å². The van der Waals surface area contributed by atoms with E-state index in [1.807, 2.05) is 6.08 Å². The molecule has 0 bridgehead atoms. The molecule has 12 heavy (non-hydrogen) atoms. The molecule has 1 fully saturated rings. The van der Waals surface area contributed by atoms with Gasteiger partial charge < -0.3 is 5.11 Å². The Bertz CT molecular complexity index is 179. The molecule has 0 aromatic carbocycles. The predicted molar refractivity (Wildman–Crippen MR) is 52.0 cm³/mol. The van der Waals surface area contributed by atoms with E-state index >= 15 is 0 Å². The summed E-state index contributed by atoms with van der Waals surface area (Å²) in [6.07, 6.45) is 5.76. The van der Waals surface area contributed by atoms with E-state index in [0.717, 1.165) is 12.3 Å². The van der Waals surface area contributed by atoms with Crippen LogP contribution in [0.3, 0.4) is 0 Å². The maximum absolute atomic E-state index is 8.64. The second-order valence-electron chi connectivity index (χ2n) is 4.66. The maximum Gasteiger partial charge on any atom is 0.0614 e. The van der Waals surface area contributed by atoms with Crippen molar-refractivity contribution in [1.82, 2.24) is 0 Å². The van der Waals surface area contributed by atoms with Crippen LogP contribution in [-0.4, -0.2) is 11.7 Å². The van der Waals surface area contributed by atoms with Crippen LogP contribution in [0.1, 0.15) is 40.0 Å². The van der Waals surface area contributed by atoms with Gasteiger partial charge in [0.25, 0.3) is 0 Å². The first kappa shape index (κ1) is 9.79. The summed E-state index contributed by atoms with van der Waals surface area (Å²) >= 11 is 0. The summed E-state index contributed by atoms with van der Waals surface area (Å²) in [6.45, 7) is 6.97. The first-order valence-electron chi connectivity index (χ1n) is 4.83. The number of hydrogen-bond donors (Lipinski definition) is 1. The summed E-state index contributed by atoms with van der Waals surface area (Å²) in [5, 5.41) is 8.64. The zero-order valence-electron chi connectivity index (χ0n) is 8.43. The van der Waals surface area contributed by atoms with Gasteiger partial charge in [-0.05, 0) is 37.5 Å². The van der Waals surface area contributed by atoms with Crippen molar-refractivity contribution in [3.63, 3.8) is 0 Å². The Morgan fingerprint density at radius 3 is 2.58 bits per heavy atom. The molecule has 0 amide bonds. The van der Waals surface area contributed by atoms with Gasteiger partial charge in [-0.2, -0.15) is 0 Å². The predicted octanol–water partition coefficient (Wildman–Crippen LogP) is 2.75. The van der Waals surface area contributed by atoms with Gasteiger partial charge in [0.2, 0.25) is 0 Å². The smallest absolute Gasteiger partial charge is 0.0614 e. The van der Waals surface area contributed by atoms with Gasteiger partial charge in [0.05, 0.1) is 6.61 Å². The highest BCUT2D eigenvalue weighted by molar-refractivity contribution is 5.02. The van der Waals surface area contributed by atoms with Crippen LogP contribution in [0, 0.1) is 11.3 Å². The molecule has 1 aliphatic rings. The highest BCUT2D eigenvalue weighted by atomic mass is 16.2. The summed E-state index contributed by atoms with van der Waals surface area (Å²) < 4.78 is 0. The largest absolute Gasteiger partial charge is 0.392 e. The second-order valence-corrected chi connectivity index (χ2v) is 4.66. The lowest BCUT2D eigenvalue weighted by atomic mass is 10.0. The first-order chi connectivity index (χ1) is 5.56. The molecule has 1 atom stereocenters. The molecule has 1 heteroatoms. The molecule has 1 saturated carbocycles. The summed E-state index contributed by atoms with van der Waals surface area (Å²) in [5.41, 5.74) is 1.94. The van der Waals surface area contributed by atoms with Crippen molar-refractivity contribution >= 4 is 0 Å². The van der Waals surface area contributed by atoms with E-state index in [2.05, 4.69) is 20.8 Å². The molecule has 70 valence electrons. The van der Waals surface area contributed by atoms with E-state index in [0.29, 0.717) is 5.41 Å². The highest BCUT2D eigenvalue weighted by Gasteiger charge is 2.44. The third-order valence-electron chi connectivity index (χ3n) is 3.04. The van der Waals surface area contributed by atoms with E-state index in [-0.39, 0.29) is 6.61 Å². The van der Waals surface area contributed by atoms with Gasteiger partial charge in [-0.25, -0.2) is 0 Å². The molecule has 1 rings (SSSR count).